The zero-order valence-electron chi connectivity index (χ0n) is 12.3. The highest BCUT2D eigenvalue weighted by atomic mass is 32.1. The van der Waals surface area contributed by atoms with Gasteiger partial charge >= 0.3 is 0 Å². The molecule has 0 amide bonds. The van der Waals surface area contributed by atoms with Gasteiger partial charge in [-0.05, 0) is 49.3 Å². The molecule has 108 valence electrons. The van der Waals surface area contributed by atoms with E-state index in [0.717, 1.165) is 28.2 Å². The van der Waals surface area contributed by atoms with Crippen LogP contribution >= 0.6 is 11.3 Å². The number of thiazole rings is 1. The van der Waals surface area contributed by atoms with E-state index in [9.17, 15) is 0 Å². The number of fused-ring (bicyclic) bond motifs is 1. The smallest absolute Gasteiger partial charge is 0.184 e. The lowest BCUT2D eigenvalue weighted by atomic mass is 9.80. The quantitative estimate of drug-likeness (QED) is 0.901. The molecule has 3 rings (SSSR count). The van der Waals surface area contributed by atoms with E-state index in [0.29, 0.717) is 6.04 Å². The molecule has 0 radical (unpaired) electrons. The number of aromatic nitrogens is 1. The van der Waals surface area contributed by atoms with Gasteiger partial charge in [0.1, 0.15) is 5.75 Å². The van der Waals surface area contributed by atoms with Crippen molar-refractivity contribution in [3.63, 3.8) is 0 Å². The van der Waals surface area contributed by atoms with Gasteiger partial charge in [-0.1, -0.05) is 25.2 Å². The van der Waals surface area contributed by atoms with Gasteiger partial charge in [0, 0.05) is 6.04 Å². The van der Waals surface area contributed by atoms with Gasteiger partial charge in [0.15, 0.2) is 5.13 Å². The summed E-state index contributed by atoms with van der Waals surface area (Å²) in [6.07, 6.45) is 3.86. The van der Waals surface area contributed by atoms with E-state index in [2.05, 4.69) is 30.2 Å². The lowest BCUT2D eigenvalue weighted by Gasteiger charge is -2.31. The van der Waals surface area contributed by atoms with Crippen LogP contribution in [-0.4, -0.2) is 18.1 Å². The van der Waals surface area contributed by atoms with Crippen molar-refractivity contribution in [2.75, 3.05) is 12.4 Å². The fraction of sp³-hybridized carbons (Fsp3) is 0.562. The highest BCUT2D eigenvalue weighted by Gasteiger charge is 2.24. The average Bonchev–Trinajstić information content (AvgIpc) is 2.78. The summed E-state index contributed by atoms with van der Waals surface area (Å²) in [6, 6.07) is 6.62. The fourth-order valence-electron chi connectivity index (χ4n) is 3.33. The predicted molar refractivity (Wildman–Crippen MR) is 85.8 cm³/mol. The molecular weight excluding hydrogens is 268 g/mol. The summed E-state index contributed by atoms with van der Waals surface area (Å²) in [5, 5.41) is 4.68. The highest BCUT2D eigenvalue weighted by Crippen LogP contribution is 2.33. The molecule has 0 saturated heterocycles. The van der Waals surface area contributed by atoms with Gasteiger partial charge in [0.05, 0.1) is 17.3 Å². The molecule has 0 spiro atoms. The van der Waals surface area contributed by atoms with Crippen LogP contribution in [0.3, 0.4) is 0 Å². The Balaban J connectivity index is 1.77. The minimum absolute atomic E-state index is 0.566. The summed E-state index contributed by atoms with van der Waals surface area (Å²) < 4.78 is 6.45. The SMILES string of the molecule is COc1ccc2nc(NC3CC(C)CC(C)C3)sc2c1. The summed E-state index contributed by atoms with van der Waals surface area (Å²) >= 11 is 1.72. The normalized spacial score (nSPS) is 26.6. The lowest BCUT2D eigenvalue weighted by Crippen LogP contribution is -2.30. The molecule has 4 heteroatoms. The Labute approximate surface area is 124 Å². The van der Waals surface area contributed by atoms with Crippen LogP contribution in [0.25, 0.3) is 10.2 Å². The molecule has 1 saturated carbocycles. The van der Waals surface area contributed by atoms with E-state index in [-0.39, 0.29) is 0 Å². The molecule has 2 unspecified atom stereocenters. The molecule has 0 bridgehead atoms. The van der Waals surface area contributed by atoms with Gasteiger partial charge in [-0.25, -0.2) is 4.98 Å². The van der Waals surface area contributed by atoms with Gasteiger partial charge in [-0.2, -0.15) is 0 Å². The first kappa shape index (κ1) is 13.7. The number of hydrogen-bond acceptors (Lipinski definition) is 4. The second-order valence-electron chi connectivity index (χ2n) is 6.11. The van der Waals surface area contributed by atoms with Crippen LogP contribution < -0.4 is 10.1 Å². The Bertz CT molecular complexity index is 585. The van der Waals surface area contributed by atoms with Crippen LogP contribution in [0.1, 0.15) is 33.1 Å². The molecule has 3 nitrogen and oxygen atoms in total. The Kier molecular flexibility index (Phi) is 3.83. The van der Waals surface area contributed by atoms with E-state index in [1.54, 1.807) is 18.4 Å². The lowest BCUT2D eigenvalue weighted by molar-refractivity contribution is 0.281. The molecule has 2 atom stereocenters. The number of anilines is 1. The van der Waals surface area contributed by atoms with Crippen LogP contribution in [0, 0.1) is 11.8 Å². The molecule has 1 aromatic heterocycles. The van der Waals surface area contributed by atoms with E-state index < -0.39 is 0 Å². The minimum atomic E-state index is 0.566. The number of benzene rings is 1. The second kappa shape index (κ2) is 5.60. The summed E-state index contributed by atoms with van der Waals surface area (Å²) in [5.74, 6) is 2.52. The second-order valence-corrected chi connectivity index (χ2v) is 7.14. The molecule has 1 heterocycles. The maximum absolute atomic E-state index is 5.27. The standard InChI is InChI=1S/C16H22N2OS/c1-10-6-11(2)8-12(7-10)17-16-18-14-5-4-13(19-3)9-15(14)20-16/h4-5,9-12H,6-8H2,1-3H3,(H,17,18). The Morgan fingerprint density at radius 2 is 1.95 bits per heavy atom. The molecule has 1 aliphatic carbocycles. The van der Waals surface area contributed by atoms with Crippen molar-refractivity contribution >= 4 is 26.7 Å². The fourth-order valence-corrected chi connectivity index (χ4v) is 4.30. The number of methoxy groups -OCH3 is 1. The number of ether oxygens (including phenoxy) is 1. The third-order valence-electron chi connectivity index (χ3n) is 4.10. The van der Waals surface area contributed by atoms with Crippen molar-refractivity contribution in [3.8, 4) is 5.75 Å². The van der Waals surface area contributed by atoms with E-state index in [1.807, 2.05) is 12.1 Å². The van der Waals surface area contributed by atoms with Crippen molar-refractivity contribution in [1.29, 1.82) is 0 Å². The molecule has 2 aromatic rings. The molecule has 1 aliphatic rings. The van der Waals surface area contributed by atoms with Crippen molar-refractivity contribution < 1.29 is 4.74 Å². The predicted octanol–water partition coefficient (Wildman–Crippen LogP) is 4.54. The van der Waals surface area contributed by atoms with Crippen LogP contribution in [-0.2, 0) is 0 Å². The first-order chi connectivity index (χ1) is 9.64. The number of nitrogens with one attached hydrogen (secondary N) is 1. The monoisotopic (exact) mass is 290 g/mol. The molecular formula is C16H22N2OS. The number of nitrogens with zero attached hydrogens (tertiary/aromatic N) is 1. The summed E-state index contributed by atoms with van der Waals surface area (Å²) in [5.41, 5.74) is 1.05. The van der Waals surface area contributed by atoms with E-state index >= 15 is 0 Å². The van der Waals surface area contributed by atoms with Crippen molar-refractivity contribution in [2.45, 2.75) is 39.2 Å². The summed E-state index contributed by atoms with van der Waals surface area (Å²) in [4.78, 5) is 4.68. The largest absolute Gasteiger partial charge is 0.497 e. The minimum Gasteiger partial charge on any atom is -0.497 e. The van der Waals surface area contributed by atoms with E-state index in [1.165, 1.54) is 24.0 Å². The van der Waals surface area contributed by atoms with Crippen molar-refractivity contribution in [2.24, 2.45) is 11.8 Å². The van der Waals surface area contributed by atoms with Gasteiger partial charge < -0.3 is 10.1 Å². The van der Waals surface area contributed by atoms with Crippen LogP contribution in [0.4, 0.5) is 5.13 Å². The van der Waals surface area contributed by atoms with Crippen LogP contribution in [0.2, 0.25) is 0 Å². The summed E-state index contributed by atoms with van der Waals surface area (Å²) in [7, 11) is 1.70. The molecule has 20 heavy (non-hydrogen) atoms. The molecule has 1 aromatic carbocycles. The van der Waals surface area contributed by atoms with Gasteiger partial charge in [-0.15, -0.1) is 0 Å². The number of rotatable bonds is 3. The Morgan fingerprint density at radius 1 is 1.20 bits per heavy atom. The third-order valence-corrected chi connectivity index (χ3v) is 5.05. The zero-order chi connectivity index (χ0) is 14.1. The Morgan fingerprint density at radius 3 is 2.65 bits per heavy atom. The zero-order valence-corrected chi connectivity index (χ0v) is 13.2. The maximum atomic E-state index is 5.27. The maximum Gasteiger partial charge on any atom is 0.184 e. The van der Waals surface area contributed by atoms with Gasteiger partial charge in [-0.3, -0.25) is 0 Å². The van der Waals surface area contributed by atoms with Crippen molar-refractivity contribution in [3.05, 3.63) is 18.2 Å². The number of hydrogen-bond donors (Lipinski definition) is 1. The highest BCUT2D eigenvalue weighted by molar-refractivity contribution is 7.22. The molecule has 1 fully saturated rings. The summed E-state index contributed by atoms with van der Waals surface area (Å²) in [6.45, 7) is 4.71. The van der Waals surface area contributed by atoms with Crippen LogP contribution in [0.15, 0.2) is 18.2 Å². The van der Waals surface area contributed by atoms with E-state index in [4.69, 9.17) is 4.74 Å². The van der Waals surface area contributed by atoms with Gasteiger partial charge in [0.2, 0.25) is 0 Å². The van der Waals surface area contributed by atoms with Crippen molar-refractivity contribution in [1.82, 2.24) is 4.98 Å². The Hall–Kier alpha value is -1.29. The first-order valence-electron chi connectivity index (χ1n) is 7.35. The first-order valence-corrected chi connectivity index (χ1v) is 8.17. The molecule has 1 N–H and O–H groups in total. The average molecular weight is 290 g/mol. The van der Waals surface area contributed by atoms with Gasteiger partial charge in [0.25, 0.3) is 0 Å². The third kappa shape index (κ3) is 2.90. The molecule has 0 aliphatic heterocycles. The van der Waals surface area contributed by atoms with Crippen LogP contribution in [0.5, 0.6) is 5.75 Å². The topological polar surface area (TPSA) is 34.1 Å².